The molecule has 1 aromatic heterocycles. The molecule has 0 amide bonds. The van der Waals surface area contributed by atoms with Crippen molar-refractivity contribution in [2.75, 3.05) is 0 Å². The molecule has 1 N–H and O–H groups in total. The van der Waals surface area contributed by atoms with Gasteiger partial charge in [-0.25, -0.2) is 0 Å². The van der Waals surface area contributed by atoms with Gasteiger partial charge in [-0.1, -0.05) is 11.6 Å². The molecule has 1 aromatic carbocycles. The average Bonchev–Trinajstić information content (AvgIpc) is 2.94. The van der Waals surface area contributed by atoms with E-state index in [0.717, 1.165) is 55.4 Å². The van der Waals surface area contributed by atoms with Crippen molar-refractivity contribution in [3.63, 3.8) is 0 Å². The van der Waals surface area contributed by atoms with E-state index in [2.05, 4.69) is 26.1 Å². The van der Waals surface area contributed by atoms with Crippen LogP contribution in [0.3, 0.4) is 0 Å². The maximum Gasteiger partial charge on any atom is 0.151 e. The van der Waals surface area contributed by atoms with E-state index in [4.69, 9.17) is 16.3 Å². The summed E-state index contributed by atoms with van der Waals surface area (Å²) < 4.78 is 8.49. The summed E-state index contributed by atoms with van der Waals surface area (Å²) in [6.45, 7) is 1.54. The Bertz CT molecular complexity index is 797. The van der Waals surface area contributed by atoms with Crippen LogP contribution in [0.5, 0.6) is 0 Å². The number of ether oxygens (including phenoxy) is 1. The number of benzene rings is 1. The lowest BCUT2D eigenvalue weighted by atomic mass is 9.86. The Hall–Kier alpha value is -1.14. The van der Waals surface area contributed by atoms with Crippen molar-refractivity contribution in [1.82, 2.24) is 20.1 Å². The largest absolute Gasteiger partial charge is 0.375 e. The molecular weight excluding hydrogens is 383 g/mol. The molecule has 0 saturated heterocycles. The number of hydrogen-bond donors (Lipinski definition) is 1. The molecule has 2 saturated carbocycles. The Morgan fingerprint density at radius 2 is 1.78 bits per heavy atom. The highest BCUT2D eigenvalue weighted by Gasteiger charge is 2.31. The van der Waals surface area contributed by atoms with E-state index in [1.165, 1.54) is 30.5 Å². The van der Waals surface area contributed by atoms with Gasteiger partial charge in [0.05, 0.1) is 24.4 Å². The SMILES string of the molecule is Cl.Clc1ccc2c(c1)CNCc1nnc(C3CCC(OC4CCC4)CC3)n1-2. The van der Waals surface area contributed by atoms with Crippen LogP contribution in [0.15, 0.2) is 18.2 Å². The van der Waals surface area contributed by atoms with E-state index in [9.17, 15) is 0 Å². The van der Waals surface area contributed by atoms with Crippen molar-refractivity contribution >= 4 is 24.0 Å². The number of aromatic nitrogens is 3. The third-order valence-electron chi connectivity index (χ3n) is 6.11. The Morgan fingerprint density at radius 3 is 2.52 bits per heavy atom. The first-order valence-electron chi connectivity index (χ1n) is 9.87. The first-order chi connectivity index (χ1) is 12.8. The number of fused-ring (bicyclic) bond motifs is 3. The Morgan fingerprint density at radius 1 is 1.00 bits per heavy atom. The lowest BCUT2D eigenvalue weighted by molar-refractivity contribution is -0.0666. The minimum absolute atomic E-state index is 0. The lowest BCUT2D eigenvalue weighted by Crippen LogP contribution is -2.30. The van der Waals surface area contributed by atoms with Crippen molar-refractivity contribution in [3.8, 4) is 5.69 Å². The van der Waals surface area contributed by atoms with Crippen LogP contribution in [0.4, 0.5) is 0 Å². The first-order valence-corrected chi connectivity index (χ1v) is 10.2. The Balaban J connectivity index is 0.00000180. The average molecular weight is 409 g/mol. The minimum Gasteiger partial charge on any atom is -0.375 e. The molecule has 0 bridgehead atoms. The second kappa shape index (κ2) is 8.08. The van der Waals surface area contributed by atoms with Gasteiger partial charge in [0.25, 0.3) is 0 Å². The predicted molar refractivity (Wildman–Crippen MR) is 108 cm³/mol. The lowest BCUT2D eigenvalue weighted by Gasteiger charge is -2.34. The summed E-state index contributed by atoms with van der Waals surface area (Å²) in [5.41, 5.74) is 2.38. The second-order valence-electron chi connectivity index (χ2n) is 7.85. The van der Waals surface area contributed by atoms with Gasteiger partial charge < -0.3 is 10.1 Å². The summed E-state index contributed by atoms with van der Waals surface area (Å²) in [5.74, 6) is 2.56. The zero-order valence-corrected chi connectivity index (χ0v) is 16.9. The zero-order chi connectivity index (χ0) is 17.5. The fourth-order valence-corrected chi connectivity index (χ4v) is 4.63. The molecule has 0 atom stereocenters. The molecule has 3 aliphatic rings. The Labute approximate surface area is 171 Å². The second-order valence-corrected chi connectivity index (χ2v) is 8.29. The molecule has 27 heavy (non-hydrogen) atoms. The molecule has 2 fully saturated rings. The molecule has 1 aliphatic heterocycles. The van der Waals surface area contributed by atoms with Crippen LogP contribution >= 0.6 is 24.0 Å². The van der Waals surface area contributed by atoms with Crippen LogP contribution in [-0.4, -0.2) is 27.0 Å². The molecule has 2 heterocycles. The van der Waals surface area contributed by atoms with Crippen molar-refractivity contribution in [2.45, 2.75) is 76.2 Å². The van der Waals surface area contributed by atoms with E-state index >= 15 is 0 Å². The number of nitrogens with zero attached hydrogens (tertiary/aromatic N) is 3. The van der Waals surface area contributed by atoms with Crippen LogP contribution in [0, 0.1) is 0 Å². The molecule has 5 nitrogen and oxygen atoms in total. The summed E-state index contributed by atoms with van der Waals surface area (Å²) in [6.07, 6.45) is 9.35. The van der Waals surface area contributed by atoms with E-state index in [-0.39, 0.29) is 12.4 Å². The first kappa shape index (κ1) is 19.2. The van der Waals surface area contributed by atoms with Gasteiger partial charge in [0.1, 0.15) is 5.82 Å². The van der Waals surface area contributed by atoms with Gasteiger partial charge in [-0.2, -0.15) is 0 Å². The summed E-state index contributed by atoms with van der Waals surface area (Å²) in [7, 11) is 0. The standard InChI is InChI=1S/C20H25ClN4O.ClH/c21-15-6-9-18-14(10-15)11-22-12-19-23-24-20(25(18)19)13-4-7-17(8-5-13)26-16-2-1-3-16;/h6,9-10,13,16-17,22H,1-5,7-8,11-12H2;1H. The normalized spacial score (nSPS) is 24.9. The van der Waals surface area contributed by atoms with Crippen molar-refractivity contribution < 1.29 is 4.74 Å². The van der Waals surface area contributed by atoms with E-state index in [1.54, 1.807) is 0 Å². The van der Waals surface area contributed by atoms with Crippen LogP contribution < -0.4 is 5.32 Å². The van der Waals surface area contributed by atoms with Crippen LogP contribution in [0.25, 0.3) is 5.69 Å². The van der Waals surface area contributed by atoms with E-state index in [1.807, 2.05) is 12.1 Å². The third-order valence-corrected chi connectivity index (χ3v) is 6.35. The fraction of sp³-hybridized carbons (Fsp3) is 0.600. The number of rotatable bonds is 3. The van der Waals surface area contributed by atoms with Gasteiger partial charge >= 0.3 is 0 Å². The molecule has 0 spiro atoms. The molecule has 7 heteroatoms. The van der Waals surface area contributed by atoms with Crippen molar-refractivity contribution in [1.29, 1.82) is 0 Å². The van der Waals surface area contributed by atoms with Gasteiger partial charge in [0.15, 0.2) is 5.82 Å². The minimum atomic E-state index is 0. The highest BCUT2D eigenvalue weighted by molar-refractivity contribution is 6.30. The van der Waals surface area contributed by atoms with Gasteiger partial charge in [0.2, 0.25) is 0 Å². The van der Waals surface area contributed by atoms with Gasteiger partial charge in [-0.05, 0) is 68.7 Å². The van der Waals surface area contributed by atoms with E-state index in [0.29, 0.717) is 18.1 Å². The number of hydrogen-bond acceptors (Lipinski definition) is 4. The van der Waals surface area contributed by atoms with Crippen molar-refractivity contribution in [2.24, 2.45) is 0 Å². The van der Waals surface area contributed by atoms with E-state index < -0.39 is 0 Å². The number of nitrogens with one attached hydrogen (secondary N) is 1. The number of halogens is 2. The highest BCUT2D eigenvalue weighted by Crippen LogP contribution is 2.37. The van der Waals surface area contributed by atoms with Crippen LogP contribution in [-0.2, 0) is 17.8 Å². The topological polar surface area (TPSA) is 52.0 Å². The van der Waals surface area contributed by atoms with Gasteiger partial charge in [-0.3, -0.25) is 4.57 Å². The highest BCUT2D eigenvalue weighted by atomic mass is 35.5. The summed E-state index contributed by atoms with van der Waals surface area (Å²) in [6, 6.07) is 6.11. The van der Waals surface area contributed by atoms with Gasteiger partial charge in [0, 0.05) is 17.5 Å². The summed E-state index contributed by atoms with van der Waals surface area (Å²) >= 11 is 6.21. The zero-order valence-electron chi connectivity index (χ0n) is 15.4. The van der Waals surface area contributed by atoms with Crippen LogP contribution in [0.2, 0.25) is 5.02 Å². The van der Waals surface area contributed by atoms with Gasteiger partial charge in [-0.15, -0.1) is 22.6 Å². The molecule has 146 valence electrons. The monoisotopic (exact) mass is 408 g/mol. The molecule has 0 unspecified atom stereocenters. The summed E-state index contributed by atoms with van der Waals surface area (Å²) in [5, 5.41) is 13.3. The van der Waals surface area contributed by atoms with Crippen LogP contribution in [0.1, 0.15) is 68.1 Å². The molecule has 0 radical (unpaired) electrons. The Kier molecular flexibility index (Phi) is 5.74. The predicted octanol–water partition coefficient (Wildman–Crippen LogP) is 4.54. The molecule has 2 aromatic rings. The maximum absolute atomic E-state index is 6.23. The smallest absolute Gasteiger partial charge is 0.151 e. The molecule has 2 aliphatic carbocycles. The molecular formula is C20H26Cl2N4O. The maximum atomic E-state index is 6.23. The third kappa shape index (κ3) is 3.75. The van der Waals surface area contributed by atoms with Crippen molar-refractivity contribution in [3.05, 3.63) is 40.4 Å². The molecule has 5 rings (SSSR count). The summed E-state index contributed by atoms with van der Waals surface area (Å²) in [4.78, 5) is 0. The quantitative estimate of drug-likeness (QED) is 0.809. The fourth-order valence-electron chi connectivity index (χ4n) is 4.43.